The normalized spacial score (nSPS) is 17.1. The Balaban J connectivity index is 0.00000147. The summed E-state index contributed by atoms with van der Waals surface area (Å²) in [7, 11) is 0. The first-order valence-corrected chi connectivity index (χ1v) is 7.13. The lowest BCUT2D eigenvalue weighted by Crippen LogP contribution is -2.31. The average molecular weight is 314 g/mol. The molecule has 0 saturated carbocycles. The highest BCUT2D eigenvalue weighted by Gasteiger charge is 2.24. The Kier molecular flexibility index (Phi) is 4.74. The highest BCUT2D eigenvalue weighted by Crippen LogP contribution is 2.27. The Morgan fingerprint density at radius 1 is 1.60 bits per heavy atom. The van der Waals surface area contributed by atoms with E-state index in [0.29, 0.717) is 12.2 Å². The van der Waals surface area contributed by atoms with Gasteiger partial charge in [-0.05, 0) is 24.8 Å². The molecule has 20 heavy (non-hydrogen) atoms. The van der Waals surface area contributed by atoms with Crippen LogP contribution in [0.25, 0.3) is 0 Å². The molecule has 1 unspecified atom stereocenters. The number of carbonyl (C=O) groups is 1. The molecule has 0 radical (unpaired) electrons. The fourth-order valence-corrected chi connectivity index (χ4v) is 3.00. The third-order valence-corrected chi connectivity index (χ3v) is 4.17. The summed E-state index contributed by atoms with van der Waals surface area (Å²) in [4.78, 5) is 16.3. The summed E-state index contributed by atoms with van der Waals surface area (Å²) in [6.07, 6.45) is 4.84. The van der Waals surface area contributed by atoms with Gasteiger partial charge in [-0.1, -0.05) is 0 Å². The molecule has 0 aliphatic heterocycles. The highest BCUT2D eigenvalue weighted by atomic mass is 35.5. The number of carbonyl (C=O) groups excluding carboxylic acids is 1. The monoisotopic (exact) mass is 313 g/mol. The van der Waals surface area contributed by atoms with Crippen LogP contribution in [-0.4, -0.2) is 21.1 Å². The van der Waals surface area contributed by atoms with E-state index in [9.17, 15) is 4.79 Å². The molecule has 2 aromatic rings. The fraction of sp³-hybridized carbons (Fsp3) is 0.417. The second kappa shape index (κ2) is 6.34. The minimum Gasteiger partial charge on any atom is -0.342 e. The summed E-state index contributed by atoms with van der Waals surface area (Å²) in [6.45, 7) is 0.367. The first-order valence-electron chi connectivity index (χ1n) is 6.25. The molecule has 1 amide bonds. The number of thiazole rings is 1. The molecular formula is C12H16ClN5OS. The van der Waals surface area contributed by atoms with Crippen LogP contribution >= 0.6 is 23.7 Å². The minimum absolute atomic E-state index is 0. The van der Waals surface area contributed by atoms with Crippen LogP contribution in [0.5, 0.6) is 0 Å². The van der Waals surface area contributed by atoms with E-state index in [2.05, 4.69) is 20.5 Å². The standard InChI is InChI=1S/C12H15N5OS.ClH/c13-4-10-15-9(6-19-10)12(18)16-8-3-1-2-7-5-14-17-11(7)8;/h5-6,8H,1-4,13H2,(H,14,17)(H,16,18);1H. The summed E-state index contributed by atoms with van der Waals surface area (Å²) in [5, 5.41) is 12.5. The number of nitrogens with one attached hydrogen (secondary N) is 2. The van der Waals surface area contributed by atoms with E-state index < -0.39 is 0 Å². The number of nitrogens with two attached hydrogens (primary N) is 1. The van der Waals surface area contributed by atoms with Crippen LogP contribution in [0, 0.1) is 0 Å². The van der Waals surface area contributed by atoms with Crippen molar-refractivity contribution in [2.24, 2.45) is 5.73 Å². The zero-order chi connectivity index (χ0) is 13.2. The van der Waals surface area contributed by atoms with Crippen LogP contribution in [0.15, 0.2) is 11.6 Å². The van der Waals surface area contributed by atoms with E-state index in [1.165, 1.54) is 16.9 Å². The molecular weight excluding hydrogens is 298 g/mol. The van der Waals surface area contributed by atoms with Gasteiger partial charge in [0.15, 0.2) is 0 Å². The molecule has 4 N–H and O–H groups in total. The van der Waals surface area contributed by atoms with Crippen LogP contribution in [-0.2, 0) is 13.0 Å². The van der Waals surface area contributed by atoms with Crippen LogP contribution in [0.4, 0.5) is 0 Å². The minimum atomic E-state index is -0.150. The molecule has 0 saturated heterocycles. The largest absolute Gasteiger partial charge is 0.342 e. The molecule has 1 atom stereocenters. The molecule has 108 valence electrons. The van der Waals surface area contributed by atoms with Crippen molar-refractivity contribution in [3.05, 3.63) is 33.5 Å². The van der Waals surface area contributed by atoms with E-state index in [-0.39, 0.29) is 24.4 Å². The van der Waals surface area contributed by atoms with Gasteiger partial charge in [0.05, 0.1) is 17.9 Å². The van der Waals surface area contributed by atoms with Crippen LogP contribution in [0.1, 0.15) is 45.6 Å². The summed E-state index contributed by atoms with van der Waals surface area (Å²) < 4.78 is 0. The maximum Gasteiger partial charge on any atom is 0.271 e. The Labute approximate surface area is 126 Å². The molecule has 6 nitrogen and oxygen atoms in total. The second-order valence-corrected chi connectivity index (χ2v) is 5.50. The molecule has 3 rings (SSSR count). The van der Waals surface area contributed by atoms with Crippen molar-refractivity contribution in [1.29, 1.82) is 0 Å². The zero-order valence-corrected chi connectivity index (χ0v) is 12.4. The summed E-state index contributed by atoms with van der Waals surface area (Å²) in [5.41, 5.74) is 8.16. The van der Waals surface area contributed by atoms with Gasteiger partial charge in [-0.25, -0.2) is 4.98 Å². The summed E-state index contributed by atoms with van der Waals surface area (Å²) in [6, 6.07) is 0.00164. The molecule has 1 aliphatic carbocycles. The SMILES string of the molecule is Cl.NCc1nc(C(=O)NC2CCCc3cn[nH]c32)cs1. The van der Waals surface area contributed by atoms with Gasteiger partial charge in [-0.15, -0.1) is 23.7 Å². The number of aromatic nitrogens is 3. The van der Waals surface area contributed by atoms with Crippen molar-refractivity contribution in [3.8, 4) is 0 Å². The number of halogens is 1. The molecule has 2 heterocycles. The Morgan fingerprint density at radius 3 is 3.20 bits per heavy atom. The number of rotatable bonds is 3. The number of aromatic amines is 1. The number of H-pyrrole nitrogens is 1. The Hall–Kier alpha value is -1.44. The molecule has 8 heteroatoms. The van der Waals surface area contributed by atoms with Gasteiger partial charge in [-0.3, -0.25) is 9.89 Å². The zero-order valence-electron chi connectivity index (χ0n) is 10.8. The van der Waals surface area contributed by atoms with Crippen molar-refractivity contribution in [2.75, 3.05) is 0 Å². The van der Waals surface area contributed by atoms with E-state index >= 15 is 0 Å². The first kappa shape index (κ1) is 15.0. The predicted octanol–water partition coefficient (Wildman–Crippen LogP) is 1.55. The van der Waals surface area contributed by atoms with E-state index in [1.807, 2.05) is 6.20 Å². The molecule has 1 aliphatic rings. The van der Waals surface area contributed by atoms with Gasteiger partial charge in [0.25, 0.3) is 5.91 Å². The van der Waals surface area contributed by atoms with Crippen LogP contribution in [0.3, 0.4) is 0 Å². The summed E-state index contributed by atoms with van der Waals surface area (Å²) in [5.74, 6) is -0.150. The highest BCUT2D eigenvalue weighted by molar-refractivity contribution is 7.09. The van der Waals surface area contributed by atoms with Crippen molar-refractivity contribution in [1.82, 2.24) is 20.5 Å². The van der Waals surface area contributed by atoms with E-state index in [4.69, 9.17) is 5.73 Å². The Morgan fingerprint density at radius 2 is 2.45 bits per heavy atom. The number of aryl methyl sites for hydroxylation is 1. The number of hydrogen-bond donors (Lipinski definition) is 3. The number of amides is 1. The van der Waals surface area contributed by atoms with Crippen LogP contribution < -0.4 is 11.1 Å². The van der Waals surface area contributed by atoms with Gasteiger partial charge < -0.3 is 11.1 Å². The topological polar surface area (TPSA) is 96.7 Å². The Bertz CT molecular complexity index is 596. The summed E-state index contributed by atoms with van der Waals surface area (Å²) >= 11 is 1.41. The number of hydrogen-bond acceptors (Lipinski definition) is 5. The smallest absolute Gasteiger partial charge is 0.271 e. The van der Waals surface area contributed by atoms with Crippen molar-refractivity contribution in [3.63, 3.8) is 0 Å². The third-order valence-electron chi connectivity index (χ3n) is 3.30. The van der Waals surface area contributed by atoms with E-state index in [1.54, 1.807) is 5.38 Å². The lowest BCUT2D eigenvalue weighted by atomic mass is 9.93. The molecule has 0 bridgehead atoms. The second-order valence-electron chi connectivity index (χ2n) is 4.56. The molecule has 0 aromatic carbocycles. The van der Waals surface area contributed by atoms with Crippen molar-refractivity contribution >= 4 is 29.7 Å². The van der Waals surface area contributed by atoms with Gasteiger partial charge in [0, 0.05) is 11.9 Å². The molecule has 2 aromatic heterocycles. The van der Waals surface area contributed by atoms with Crippen molar-refractivity contribution in [2.45, 2.75) is 31.8 Å². The first-order chi connectivity index (χ1) is 9.28. The lowest BCUT2D eigenvalue weighted by molar-refractivity contribution is 0.0927. The third kappa shape index (κ3) is 2.84. The van der Waals surface area contributed by atoms with Crippen LogP contribution in [0.2, 0.25) is 0 Å². The van der Waals surface area contributed by atoms with E-state index in [0.717, 1.165) is 30.0 Å². The van der Waals surface area contributed by atoms with Gasteiger partial charge in [-0.2, -0.15) is 5.10 Å². The number of fused-ring (bicyclic) bond motifs is 1. The van der Waals surface area contributed by atoms with Gasteiger partial charge in [0.1, 0.15) is 10.7 Å². The predicted molar refractivity (Wildman–Crippen MR) is 79.0 cm³/mol. The maximum atomic E-state index is 12.1. The average Bonchev–Trinajstić information content (AvgIpc) is 3.08. The lowest BCUT2D eigenvalue weighted by Gasteiger charge is -2.22. The van der Waals surface area contributed by atoms with Crippen molar-refractivity contribution < 1.29 is 4.79 Å². The fourth-order valence-electron chi connectivity index (χ4n) is 2.35. The maximum absolute atomic E-state index is 12.1. The quantitative estimate of drug-likeness (QED) is 0.801. The molecule has 0 fully saturated rings. The van der Waals surface area contributed by atoms with Gasteiger partial charge in [0.2, 0.25) is 0 Å². The van der Waals surface area contributed by atoms with Gasteiger partial charge >= 0.3 is 0 Å². The molecule has 0 spiro atoms. The number of nitrogens with zero attached hydrogens (tertiary/aromatic N) is 2.